The molecule has 2 aliphatic rings. The summed E-state index contributed by atoms with van der Waals surface area (Å²) in [5.41, 5.74) is 2.73. The van der Waals surface area contributed by atoms with Crippen LogP contribution in [-0.4, -0.2) is 50.7 Å². The number of unbranched alkanes of at least 4 members (excludes halogenated alkanes) is 1. The molecule has 1 aliphatic carbocycles. The predicted molar refractivity (Wildman–Crippen MR) is 143 cm³/mol. The second kappa shape index (κ2) is 15.4. The van der Waals surface area contributed by atoms with Gasteiger partial charge in [0.2, 0.25) is 5.91 Å². The van der Waals surface area contributed by atoms with E-state index < -0.39 is 0 Å². The van der Waals surface area contributed by atoms with E-state index in [-0.39, 0.29) is 0 Å². The number of piperidine rings is 1. The van der Waals surface area contributed by atoms with E-state index in [4.69, 9.17) is 4.74 Å². The number of benzene rings is 1. The van der Waals surface area contributed by atoms with E-state index >= 15 is 0 Å². The van der Waals surface area contributed by atoms with E-state index in [9.17, 15) is 4.79 Å². The quantitative estimate of drug-likeness (QED) is 0.344. The lowest BCUT2D eigenvalue weighted by molar-refractivity contribution is -0.133. The molecule has 1 N–H and O–H groups in total. The van der Waals surface area contributed by atoms with Crippen molar-refractivity contribution in [3.05, 3.63) is 42.0 Å². The smallest absolute Gasteiger partial charge is 0.222 e. The zero-order valence-electron chi connectivity index (χ0n) is 21.8. The minimum Gasteiger partial charge on any atom is -0.382 e. The number of carbonyl (C=O) groups is 1. The zero-order chi connectivity index (χ0) is 24.0. The normalized spacial score (nSPS) is 20.9. The minimum absolute atomic E-state index is 0.365. The molecule has 4 heteroatoms. The van der Waals surface area contributed by atoms with Crippen molar-refractivity contribution in [2.45, 2.75) is 77.6 Å². The molecule has 1 saturated heterocycles. The van der Waals surface area contributed by atoms with E-state index in [0.717, 1.165) is 64.4 Å². The molecular weight excluding hydrogens is 420 g/mol. The number of hydrogen-bond acceptors (Lipinski definition) is 3. The van der Waals surface area contributed by atoms with Gasteiger partial charge in [0, 0.05) is 38.6 Å². The van der Waals surface area contributed by atoms with Crippen molar-refractivity contribution >= 4 is 11.5 Å². The fourth-order valence-corrected chi connectivity index (χ4v) is 5.99. The maximum Gasteiger partial charge on any atom is 0.222 e. The van der Waals surface area contributed by atoms with Crippen LogP contribution in [0, 0.1) is 17.8 Å². The van der Waals surface area contributed by atoms with Crippen LogP contribution in [0.15, 0.2) is 36.4 Å². The summed E-state index contributed by atoms with van der Waals surface area (Å²) in [6.07, 6.45) is 15.5. The summed E-state index contributed by atoms with van der Waals surface area (Å²) in [4.78, 5) is 15.6. The molecule has 4 nitrogen and oxygen atoms in total. The largest absolute Gasteiger partial charge is 0.382 e. The van der Waals surface area contributed by atoms with E-state index in [2.05, 4.69) is 53.5 Å². The molecule has 34 heavy (non-hydrogen) atoms. The SMILES string of the molecule is CCOCCCC=C(c1ccccc1)C1CCCN(C(=O)C[C@H](CNC)CC2CCCCC2)C1. The summed E-state index contributed by atoms with van der Waals surface area (Å²) in [7, 11) is 2.03. The number of nitrogens with one attached hydrogen (secondary N) is 1. The molecule has 190 valence electrons. The highest BCUT2D eigenvalue weighted by atomic mass is 16.5. The second-order valence-corrected chi connectivity index (χ2v) is 10.4. The Morgan fingerprint density at radius 1 is 1.15 bits per heavy atom. The van der Waals surface area contributed by atoms with E-state index in [1.165, 1.54) is 49.7 Å². The molecule has 0 spiro atoms. The summed E-state index contributed by atoms with van der Waals surface area (Å²) in [5.74, 6) is 2.07. The second-order valence-electron chi connectivity index (χ2n) is 10.4. The van der Waals surface area contributed by atoms with E-state index in [1.807, 2.05) is 7.05 Å². The molecule has 1 aromatic carbocycles. The van der Waals surface area contributed by atoms with Gasteiger partial charge in [-0.3, -0.25) is 4.79 Å². The Kier molecular flexibility index (Phi) is 12.2. The van der Waals surface area contributed by atoms with Crippen LogP contribution >= 0.6 is 0 Å². The molecule has 1 heterocycles. The Morgan fingerprint density at radius 3 is 2.68 bits per heavy atom. The summed E-state index contributed by atoms with van der Waals surface area (Å²) >= 11 is 0. The molecule has 1 aliphatic heterocycles. The van der Waals surface area contributed by atoms with Crippen LogP contribution in [0.3, 0.4) is 0 Å². The van der Waals surface area contributed by atoms with Crippen LogP contribution < -0.4 is 5.32 Å². The highest BCUT2D eigenvalue weighted by Gasteiger charge is 2.29. The molecule has 1 saturated carbocycles. The number of allylic oxidation sites excluding steroid dienone is 1. The first-order valence-corrected chi connectivity index (χ1v) is 14.0. The van der Waals surface area contributed by atoms with Gasteiger partial charge in [-0.2, -0.15) is 0 Å². The molecule has 1 amide bonds. The highest BCUT2D eigenvalue weighted by Crippen LogP contribution is 2.33. The molecule has 2 atom stereocenters. The maximum absolute atomic E-state index is 13.4. The number of amides is 1. The lowest BCUT2D eigenvalue weighted by Crippen LogP contribution is -2.41. The Labute approximate surface area is 208 Å². The van der Waals surface area contributed by atoms with Gasteiger partial charge in [0.05, 0.1) is 0 Å². The fourth-order valence-electron chi connectivity index (χ4n) is 5.99. The third kappa shape index (κ3) is 8.85. The van der Waals surface area contributed by atoms with Gasteiger partial charge in [-0.25, -0.2) is 0 Å². The summed E-state index contributed by atoms with van der Waals surface area (Å²) in [5, 5.41) is 3.36. The van der Waals surface area contributed by atoms with Gasteiger partial charge in [0.15, 0.2) is 0 Å². The molecule has 3 rings (SSSR count). The van der Waals surface area contributed by atoms with Crippen LogP contribution in [0.2, 0.25) is 0 Å². The lowest BCUT2D eigenvalue weighted by Gasteiger charge is -2.35. The number of ether oxygens (including phenoxy) is 1. The summed E-state index contributed by atoms with van der Waals surface area (Å²) in [6, 6.07) is 10.8. The zero-order valence-corrected chi connectivity index (χ0v) is 21.8. The third-order valence-electron chi connectivity index (χ3n) is 7.73. The van der Waals surface area contributed by atoms with Crippen molar-refractivity contribution in [1.29, 1.82) is 0 Å². The summed E-state index contributed by atoms with van der Waals surface area (Å²) < 4.78 is 5.54. The van der Waals surface area contributed by atoms with Crippen molar-refractivity contribution in [3.8, 4) is 0 Å². The number of hydrogen-bond donors (Lipinski definition) is 1. The maximum atomic E-state index is 13.4. The summed E-state index contributed by atoms with van der Waals surface area (Å²) in [6.45, 7) is 6.38. The molecular formula is C30H48N2O2. The number of nitrogens with zero attached hydrogens (tertiary/aromatic N) is 1. The molecule has 0 bridgehead atoms. The fraction of sp³-hybridized carbons (Fsp3) is 0.700. The average molecular weight is 469 g/mol. The van der Waals surface area contributed by atoms with Gasteiger partial charge in [0.25, 0.3) is 0 Å². The van der Waals surface area contributed by atoms with E-state index in [0.29, 0.717) is 24.2 Å². The molecule has 2 fully saturated rings. The van der Waals surface area contributed by atoms with Gasteiger partial charge in [0.1, 0.15) is 0 Å². The van der Waals surface area contributed by atoms with Gasteiger partial charge in [-0.05, 0) is 75.6 Å². The van der Waals surface area contributed by atoms with Crippen molar-refractivity contribution in [3.63, 3.8) is 0 Å². The topological polar surface area (TPSA) is 41.6 Å². The van der Waals surface area contributed by atoms with Crippen LogP contribution in [0.1, 0.15) is 83.1 Å². The standard InChI is InChI=1S/C30H48N2O2/c1-3-34-20-11-10-18-29(27-15-8-5-9-16-27)28-17-12-19-32(24-28)30(33)22-26(23-31-2)21-25-13-6-4-7-14-25/h5,8-9,15-16,18,25-26,28,31H,3-4,6-7,10-14,17,19-24H2,1-2H3/t26-,28?/m1/s1. The molecule has 1 unspecified atom stereocenters. The van der Waals surface area contributed by atoms with Crippen molar-refractivity contribution in [2.24, 2.45) is 17.8 Å². The van der Waals surface area contributed by atoms with Crippen molar-refractivity contribution in [1.82, 2.24) is 10.2 Å². The first-order chi connectivity index (χ1) is 16.7. The van der Waals surface area contributed by atoms with Crippen LogP contribution in [0.25, 0.3) is 5.57 Å². The molecule has 0 radical (unpaired) electrons. The Balaban J connectivity index is 1.62. The number of carbonyl (C=O) groups excluding carboxylic acids is 1. The van der Waals surface area contributed by atoms with Gasteiger partial charge in [-0.1, -0.05) is 68.5 Å². The average Bonchev–Trinajstić information content (AvgIpc) is 2.87. The first kappa shape index (κ1) is 26.9. The third-order valence-corrected chi connectivity index (χ3v) is 7.73. The first-order valence-electron chi connectivity index (χ1n) is 14.0. The van der Waals surface area contributed by atoms with Crippen LogP contribution in [0.5, 0.6) is 0 Å². The monoisotopic (exact) mass is 468 g/mol. The molecule has 1 aromatic rings. The van der Waals surface area contributed by atoms with Crippen molar-refractivity contribution in [2.75, 3.05) is 39.9 Å². The van der Waals surface area contributed by atoms with Crippen LogP contribution in [0.4, 0.5) is 0 Å². The lowest BCUT2D eigenvalue weighted by atomic mass is 9.81. The van der Waals surface area contributed by atoms with Crippen LogP contribution in [-0.2, 0) is 9.53 Å². The molecule has 0 aromatic heterocycles. The van der Waals surface area contributed by atoms with Gasteiger partial charge < -0.3 is 15.0 Å². The Bertz CT molecular complexity index is 727. The Morgan fingerprint density at radius 2 is 1.94 bits per heavy atom. The highest BCUT2D eigenvalue weighted by molar-refractivity contribution is 5.77. The minimum atomic E-state index is 0.365. The Hall–Kier alpha value is -1.65. The predicted octanol–water partition coefficient (Wildman–Crippen LogP) is 6.32. The van der Waals surface area contributed by atoms with Gasteiger partial charge >= 0.3 is 0 Å². The number of likely N-dealkylation sites (tertiary alicyclic amines) is 1. The van der Waals surface area contributed by atoms with Gasteiger partial charge in [-0.15, -0.1) is 0 Å². The number of rotatable bonds is 13. The van der Waals surface area contributed by atoms with E-state index in [1.54, 1.807) is 0 Å². The van der Waals surface area contributed by atoms with Crippen molar-refractivity contribution < 1.29 is 9.53 Å².